The molecule has 0 bridgehead atoms. The summed E-state index contributed by atoms with van der Waals surface area (Å²) in [5, 5.41) is 0. The molecule has 2 unspecified atom stereocenters. The van der Waals surface area contributed by atoms with Gasteiger partial charge >= 0.3 is 0 Å². The summed E-state index contributed by atoms with van der Waals surface area (Å²) >= 11 is 0. The third kappa shape index (κ3) is 2.54. The largest absolute Gasteiger partial charge is 0.288 e. The maximum atomic E-state index is 12.4. The summed E-state index contributed by atoms with van der Waals surface area (Å²) in [6.45, 7) is 5.71. The fourth-order valence-corrected chi connectivity index (χ4v) is 5.89. The van der Waals surface area contributed by atoms with E-state index < -0.39 is 17.9 Å². The Kier molecular flexibility index (Phi) is 3.72. The molecule has 1 heterocycles. The van der Waals surface area contributed by atoms with E-state index >= 15 is 0 Å². The normalized spacial score (nSPS) is 27.5. The zero-order valence-corrected chi connectivity index (χ0v) is 12.7. The topological polar surface area (TPSA) is 72.8 Å². The van der Waals surface area contributed by atoms with Crippen LogP contribution in [0.1, 0.15) is 19.4 Å². The third-order valence-electron chi connectivity index (χ3n) is 3.01. The smallest absolute Gasteiger partial charge is 0.271 e. The Labute approximate surface area is 113 Å². The SMILES string of the molecule is Cc1ccc(S(=O)(=O)S2(=O)=NC(C(C)C)CO2)cc1. The predicted molar refractivity (Wildman–Crippen MR) is 73.5 cm³/mol. The van der Waals surface area contributed by atoms with Gasteiger partial charge in [0.1, 0.15) is 0 Å². The van der Waals surface area contributed by atoms with E-state index in [9.17, 15) is 12.6 Å². The summed E-state index contributed by atoms with van der Waals surface area (Å²) in [5.41, 5.74) is 0.929. The highest BCUT2D eigenvalue weighted by molar-refractivity contribution is 8.66. The molecule has 0 aliphatic carbocycles. The Morgan fingerprint density at radius 2 is 1.89 bits per heavy atom. The lowest BCUT2D eigenvalue weighted by atomic mass is 10.1. The van der Waals surface area contributed by atoms with E-state index in [4.69, 9.17) is 4.18 Å². The second-order valence-electron chi connectivity index (χ2n) is 4.90. The van der Waals surface area contributed by atoms with E-state index in [0.717, 1.165) is 5.56 Å². The van der Waals surface area contributed by atoms with Gasteiger partial charge in [-0.15, -0.1) is 0 Å². The Balaban J connectivity index is 2.49. The maximum Gasteiger partial charge on any atom is 0.288 e. The van der Waals surface area contributed by atoms with Gasteiger partial charge in [0.05, 0.1) is 17.5 Å². The lowest BCUT2D eigenvalue weighted by Gasteiger charge is -2.06. The van der Waals surface area contributed by atoms with Gasteiger partial charge in [-0.2, -0.15) is 4.36 Å². The van der Waals surface area contributed by atoms with Gasteiger partial charge in [0.2, 0.25) is 0 Å². The van der Waals surface area contributed by atoms with Crippen molar-refractivity contribution >= 4 is 17.9 Å². The van der Waals surface area contributed by atoms with Crippen molar-refractivity contribution in [2.45, 2.75) is 31.7 Å². The first-order valence-electron chi connectivity index (χ1n) is 5.98. The molecule has 1 aromatic carbocycles. The number of benzene rings is 1. The molecule has 0 aromatic heterocycles. The summed E-state index contributed by atoms with van der Waals surface area (Å²) in [4.78, 5) is -0.0174. The molecule has 5 nitrogen and oxygen atoms in total. The van der Waals surface area contributed by atoms with Crippen molar-refractivity contribution in [2.75, 3.05) is 6.61 Å². The van der Waals surface area contributed by atoms with Crippen LogP contribution in [0.25, 0.3) is 0 Å². The van der Waals surface area contributed by atoms with E-state index in [0.29, 0.717) is 0 Å². The van der Waals surface area contributed by atoms with Crippen molar-refractivity contribution in [1.29, 1.82) is 0 Å². The van der Waals surface area contributed by atoms with Gasteiger partial charge in [-0.1, -0.05) is 31.5 Å². The molecule has 19 heavy (non-hydrogen) atoms. The molecule has 2 rings (SSSR count). The first kappa shape index (κ1) is 14.5. The van der Waals surface area contributed by atoms with Gasteiger partial charge in [0.15, 0.2) is 0 Å². The van der Waals surface area contributed by atoms with Crippen LogP contribution in [0.3, 0.4) is 0 Å². The first-order chi connectivity index (χ1) is 8.76. The highest BCUT2D eigenvalue weighted by Gasteiger charge is 2.38. The number of hydrogen-bond acceptors (Lipinski definition) is 5. The van der Waals surface area contributed by atoms with Crippen LogP contribution < -0.4 is 0 Å². The van der Waals surface area contributed by atoms with E-state index in [1.807, 2.05) is 20.8 Å². The molecule has 0 saturated carbocycles. The van der Waals surface area contributed by atoms with E-state index in [1.54, 1.807) is 12.1 Å². The Hall–Kier alpha value is -0.920. The average molecular weight is 303 g/mol. The monoisotopic (exact) mass is 303 g/mol. The second kappa shape index (κ2) is 4.88. The first-order valence-corrected chi connectivity index (χ1v) is 9.42. The highest BCUT2D eigenvalue weighted by atomic mass is 33.2. The van der Waals surface area contributed by atoms with Gasteiger partial charge in [0, 0.05) is 0 Å². The van der Waals surface area contributed by atoms with Crippen LogP contribution in [0.2, 0.25) is 0 Å². The molecule has 0 radical (unpaired) electrons. The van der Waals surface area contributed by atoms with Crippen LogP contribution in [-0.4, -0.2) is 25.3 Å². The van der Waals surface area contributed by atoms with Crippen LogP contribution in [0, 0.1) is 12.8 Å². The Morgan fingerprint density at radius 1 is 1.32 bits per heavy atom. The molecule has 1 aromatic rings. The molecular weight excluding hydrogens is 286 g/mol. The molecule has 0 N–H and O–H groups in total. The van der Waals surface area contributed by atoms with E-state index in [2.05, 4.69) is 4.36 Å². The van der Waals surface area contributed by atoms with Crippen molar-refractivity contribution in [1.82, 2.24) is 0 Å². The Bertz CT molecular complexity index is 683. The Morgan fingerprint density at radius 3 is 2.37 bits per heavy atom. The average Bonchev–Trinajstić information content (AvgIpc) is 2.74. The number of hydrogen-bond donors (Lipinski definition) is 0. The molecule has 106 valence electrons. The lowest BCUT2D eigenvalue weighted by molar-refractivity contribution is 0.315. The molecule has 2 atom stereocenters. The minimum absolute atomic E-state index is 0.0174. The molecule has 0 fully saturated rings. The van der Waals surface area contributed by atoms with E-state index in [1.165, 1.54) is 12.1 Å². The molecule has 0 amide bonds. The predicted octanol–water partition coefficient (Wildman–Crippen LogP) is 2.12. The van der Waals surface area contributed by atoms with Crippen LogP contribution >= 0.6 is 0 Å². The summed E-state index contributed by atoms with van der Waals surface area (Å²) in [5.74, 6) is 0.0940. The van der Waals surface area contributed by atoms with Crippen LogP contribution in [0.5, 0.6) is 0 Å². The van der Waals surface area contributed by atoms with Gasteiger partial charge in [0.25, 0.3) is 17.9 Å². The number of aryl methyl sites for hydroxylation is 1. The van der Waals surface area contributed by atoms with Gasteiger partial charge in [-0.3, -0.25) is 4.18 Å². The maximum absolute atomic E-state index is 12.4. The summed E-state index contributed by atoms with van der Waals surface area (Å²) < 4.78 is 46.1. The fourth-order valence-electron chi connectivity index (χ4n) is 1.64. The summed E-state index contributed by atoms with van der Waals surface area (Å²) in [6, 6.07) is 5.83. The fraction of sp³-hybridized carbons (Fsp3) is 0.500. The lowest BCUT2D eigenvalue weighted by Crippen LogP contribution is -2.15. The van der Waals surface area contributed by atoms with Crippen molar-refractivity contribution < 1.29 is 16.8 Å². The number of rotatable bonds is 3. The molecule has 0 spiro atoms. The third-order valence-corrected chi connectivity index (χ3v) is 8.16. The van der Waals surface area contributed by atoms with E-state index in [-0.39, 0.29) is 23.5 Å². The molecular formula is C12H17NO4S2. The van der Waals surface area contributed by atoms with Crippen LogP contribution in [0.15, 0.2) is 33.5 Å². The zero-order valence-electron chi connectivity index (χ0n) is 11.1. The van der Waals surface area contributed by atoms with Gasteiger partial charge in [-0.05, 0) is 25.0 Å². The molecule has 7 heteroatoms. The second-order valence-corrected chi connectivity index (χ2v) is 10.2. The number of nitrogens with zero attached hydrogens (tertiary/aromatic N) is 1. The zero-order chi connectivity index (χ0) is 14.3. The van der Waals surface area contributed by atoms with Crippen LogP contribution in [0.4, 0.5) is 0 Å². The summed E-state index contributed by atoms with van der Waals surface area (Å²) in [6.07, 6.45) is 0. The molecule has 1 aliphatic heterocycles. The highest BCUT2D eigenvalue weighted by Crippen LogP contribution is 2.28. The van der Waals surface area contributed by atoms with Crippen molar-refractivity contribution in [3.8, 4) is 0 Å². The van der Waals surface area contributed by atoms with Crippen LogP contribution in [-0.2, 0) is 22.1 Å². The van der Waals surface area contributed by atoms with Crippen molar-refractivity contribution in [3.63, 3.8) is 0 Å². The van der Waals surface area contributed by atoms with Crippen molar-refractivity contribution in [3.05, 3.63) is 29.8 Å². The summed E-state index contributed by atoms with van der Waals surface area (Å²) in [7, 11) is -7.78. The molecule has 0 saturated heterocycles. The van der Waals surface area contributed by atoms with Crippen molar-refractivity contribution in [2.24, 2.45) is 10.3 Å². The quantitative estimate of drug-likeness (QED) is 0.802. The minimum Gasteiger partial charge on any atom is -0.271 e. The van der Waals surface area contributed by atoms with Gasteiger partial charge < -0.3 is 0 Å². The minimum atomic E-state index is -4.08. The van der Waals surface area contributed by atoms with Gasteiger partial charge in [-0.25, -0.2) is 12.6 Å². The molecule has 1 aliphatic rings. The standard InChI is InChI=1S/C12H17NO4S2/c1-9(2)12-8-17-19(16,13-12)18(14,15)11-6-4-10(3)5-7-11/h4-7,9,12H,8H2,1-3H3.